The van der Waals surface area contributed by atoms with Crippen LogP contribution in [0.4, 0.5) is 28.7 Å². The molecule has 0 saturated heterocycles. The predicted octanol–water partition coefficient (Wildman–Crippen LogP) is 3.30. The van der Waals surface area contributed by atoms with Gasteiger partial charge in [-0.3, -0.25) is 21.0 Å². The fourth-order valence-corrected chi connectivity index (χ4v) is 2.50. The molecular weight excluding hydrogens is 352 g/mol. The SMILES string of the molecule is O=[N+]([O-])c1c(NNc2ccccc2)ncnc1Nc1ccc2c(c1)OCO2. The second-order valence-corrected chi connectivity index (χ2v) is 5.49. The topological polar surface area (TPSA) is 123 Å². The minimum absolute atomic E-state index is 0.0297. The van der Waals surface area contributed by atoms with Crippen molar-refractivity contribution >= 4 is 28.7 Å². The first-order chi connectivity index (χ1) is 13.2. The molecule has 0 spiro atoms. The number of fused-ring (bicyclic) bond motifs is 1. The molecule has 0 radical (unpaired) electrons. The van der Waals surface area contributed by atoms with Crippen LogP contribution in [-0.2, 0) is 0 Å². The Morgan fingerprint density at radius 1 is 0.926 bits per heavy atom. The van der Waals surface area contributed by atoms with Crippen LogP contribution in [-0.4, -0.2) is 21.7 Å². The van der Waals surface area contributed by atoms with Gasteiger partial charge in [-0.1, -0.05) is 18.2 Å². The van der Waals surface area contributed by atoms with E-state index in [2.05, 4.69) is 26.1 Å². The lowest BCUT2D eigenvalue weighted by Gasteiger charge is -2.11. The normalized spacial score (nSPS) is 11.7. The molecule has 0 amide bonds. The van der Waals surface area contributed by atoms with Gasteiger partial charge in [-0.25, -0.2) is 9.97 Å². The summed E-state index contributed by atoms with van der Waals surface area (Å²) < 4.78 is 10.6. The summed E-state index contributed by atoms with van der Waals surface area (Å²) in [5.41, 5.74) is 6.63. The van der Waals surface area contributed by atoms with E-state index >= 15 is 0 Å². The standard InChI is InChI=1S/C17H14N6O4/c24-23(25)15-16(20-12-6-7-13-14(8-12)27-10-26-13)18-9-19-17(15)22-21-11-4-2-1-3-5-11/h1-9,21H,10H2,(H2,18,19,20,22). The molecule has 0 fully saturated rings. The number of para-hydroxylation sites is 1. The maximum atomic E-state index is 11.6. The minimum Gasteiger partial charge on any atom is -0.454 e. The summed E-state index contributed by atoms with van der Waals surface area (Å²) >= 11 is 0. The average Bonchev–Trinajstić information content (AvgIpc) is 3.15. The number of hydrogen-bond donors (Lipinski definition) is 3. The highest BCUT2D eigenvalue weighted by Gasteiger charge is 2.24. The van der Waals surface area contributed by atoms with Gasteiger partial charge in [0.2, 0.25) is 18.4 Å². The Morgan fingerprint density at radius 2 is 1.70 bits per heavy atom. The smallest absolute Gasteiger partial charge is 0.355 e. The zero-order valence-electron chi connectivity index (χ0n) is 13.9. The first-order valence-electron chi connectivity index (χ1n) is 7.94. The molecule has 0 aliphatic carbocycles. The zero-order chi connectivity index (χ0) is 18.6. The Balaban J connectivity index is 1.60. The molecule has 0 atom stereocenters. The second kappa shape index (κ2) is 7.04. The molecule has 0 unspecified atom stereocenters. The molecule has 2 heterocycles. The molecule has 4 rings (SSSR count). The van der Waals surface area contributed by atoms with E-state index in [4.69, 9.17) is 9.47 Å². The van der Waals surface area contributed by atoms with Gasteiger partial charge in [0.05, 0.1) is 10.6 Å². The van der Waals surface area contributed by atoms with Crippen LogP contribution in [0.1, 0.15) is 0 Å². The lowest BCUT2D eigenvalue weighted by molar-refractivity contribution is -0.383. The minimum atomic E-state index is -0.551. The highest BCUT2D eigenvalue weighted by Crippen LogP contribution is 2.37. The summed E-state index contributed by atoms with van der Waals surface area (Å²) in [6.45, 7) is 0.145. The molecule has 27 heavy (non-hydrogen) atoms. The summed E-state index contributed by atoms with van der Waals surface area (Å²) in [7, 11) is 0. The number of hydrazine groups is 1. The number of nitrogens with zero attached hydrogens (tertiary/aromatic N) is 3. The number of rotatable bonds is 6. The molecule has 3 N–H and O–H groups in total. The van der Waals surface area contributed by atoms with Crippen molar-refractivity contribution in [3.05, 3.63) is 65.0 Å². The number of anilines is 4. The maximum Gasteiger partial charge on any atom is 0.355 e. The quantitative estimate of drug-likeness (QED) is 0.445. The van der Waals surface area contributed by atoms with E-state index in [-0.39, 0.29) is 24.1 Å². The largest absolute Gasteiger partial charge is 0.454 e. The zero-order valence-corrected chi connectivity index (χ0v) is 13.9. The molecule has 1 aromatic heterocycles. The highest BCUT2D eigenvalue weighted by molar-refractivity contribution is 5.75. The molecule has 10 heteroatoms. The number of ether oxygens (including phenoxy) is 2. The van der Waals surface area contributed by atoms with E-state index in [1.807, 2.05) is 30.3 Å². The molecular formula is C17H14N6O4. The van der Waals surface area contributed by atoms with Crippen molar-refractivity contribution < 1.29 is 14.4 Å². The van der Waals surface area contributed by atoms with Crippen molar-refractivity contribution in [2.75, 3.05) is 23.0 Å². The third-order valence-corrected chi connectivity index (χ3v) is 3.74. The molecule has 136 valence electrons. The van der Waals surface area contributed by atoms with Crippen LogP contribution in [0.5, 0.6) is 11.5 Å². The molecule has 3 aromatic rings. The third-order valence-electron chi connectivity index (χ3n) is 3.74. The molecule has 0 saturated carbocycles. The average molecular weight is 366 g/mol. The predicted molar refractivity (Wildman–Crippen MR) is 98.2 cm³/mol. The van der Waals surface area contributed by atoms with Crippen LogP contribution >= 0.6 is 0 Å². The summed E-state index contributed by atoms with van der Waals surface area (Å²) in [4.78, 5) is 19.0. The Morgan fingerprint density at radius 3 is 2.52 bits per heavy atom. The van der Waals surface area contributed by atoms with Crippen molar-refractivity contribution in [1.29, 1.82) is 0 Å². The van der Waals surface area contributed by atoms with E-state index in [0.29, 0.717) is 17.2 Å². The molecule has 0 bridgehead atoms. The van der Waals surface area contributed by atoms with Crippen molar-refractivity contribution in [2.45, 2.75) is 0 Å². The first-order valence-corrected chi connectivity index (χ1v) is 7.94. The van der Waals surface area contributed by atoms with Gasteiger partial charge < -0.3 is 14.8 Å². The number of aromatic nitrogens is 2. The van der Waals surface area contributed by atoms with Gasteiger partial charge in [-0.2, -0.15) is 0 Å². The van der Waals surface area contributed by atoms with Gasteiger partial charge in [0.15, 0.2) is 11.5 Å². The van der Waals surface area contributed by atoms with Crippen molar-refractivity contribution in [3.63, 3.8) is 0 Å². The molecule has 10 nitrogen and oxygen atoms in total. The summed E-state index contributed by atoms with van der Waals surface area (Å²) in [6.07, 6.45) is 1.23. The Kier molecular flexibility index (Phi) is 4.27. The van der Waals surface area contributed by atoms with E-state index in [0.717, 1.165) is 5.69 Å². The van der Waals surface area contributed by atoms with E-state index in [9.17, 15) is 10.1 Å². The molecule has 2 aromatic carbocycles. The van der Waals surface area contributed by atoms with Gasteiger partial charge in [0.25, 0.3) is 0 Å². The maximum absolute atomic E-state index is 11.6. The van der Waals surface area contributed by atoms with Gasteiger partial charge in [-0.15, -0.1) is 0 Å². The van der Waals surface area contributed by atoms with Crippen LogP contribution < -0.4 is 25.6 Å². The first kappa shape index (κ1) is 16.4. The fraction of sp³-hybridized carbons (Fsp3) is 0.0588. The third kappa shape index (κ3) is 3.49. The number of nitro groups is 1. The lowest BCUT2D eigenvalue weighted by atomic mass is 10.2. The van der Waals surface area contributed by atoms with Crippen LogP contribution in [0.25, 0.3) is 0 Å². The Bertz CT molecular complexity index is 982. The van der Waals surface area contributed by atoms with Crippen LogP contribution in [0, 0.1) is 10.1 Å². The number of hydrogen-bond acceptors (Lipinski definition) is 9. The highest BCUT2D eigenvalue weighted by atomic mass is 16.7. The lowest BCUT2D eigenvalue weighted by Crippen LogP contribution is -2.13. The van der Waals surface area contributed by atoms with Crippen LogP contribution in [0.15, 0.2) is 54.9 Å². The summed E-state index contributed by atoms with van der Waals surface area (Å²) in [5.74, 6) is 1.25. The monoisotopic (exact) mass is 366 g/mol. The summed E-state index contributed by atoms with van der Waals surface area (Å²) in [6, 6.07) is 14.3. The van der Waals surface area contributed by atoms with Crippen molar-refractivity contribution in [1.82, 2.24) is 9.97 Å². The molecule has 1 aliphatic heterocycles. The van der Waals surface area contributed by atoms with E-state index < -0.39 is 4.92 Å². The number of nitrogens with one attached hydrogen (secondary N) is 3. The van der Waals surface area contributed by atoms with Gasteiger partial charge in [0, 0.05) is 11.8 Å². The van der Waals surface area contributed by atoms with Crippen molar-refractivity contribution in [3.8, 4) is 11.5 Å². The van der Waals surface area contributed by atoms with E-state index in [1.54, 1.807) is 18.2 Å². The Labute approximate surface area is 153 Å². The molecule has 1 aliphatic rings. The van der Waals surface area contributed by atoms with Crippen LogP contribution in [0.2, 0.25) is 0 Å². The van der Waals surface area contributed by atoms with Crippen LogP contribution in [0.3, 0.4) is 0 Å². The second-order valence-electron chi connectivity index (χ2n) is 5.49. The van der Waals surface area contributed by atoms with Crippen molar-refractivity contribution in [2.24, 2.45) is 0 Å². The van der Waals surface area contributed by atoms with Gasteiger partial charge >= 0.3 is 5.69 Å². The summed E-state index contributed by atoms with van der Waals surface area (Å²) in [5, 5.41) is 14.5. The van der Waals surface area contributed by atoms with Gasteiger partial charge in [0.1, 0.15) is 6.33 Å². The Hall–Kier alpha value is -4.08. The fourth-order valence-electron chi connectivity index (χ4n) is 2.50. The van der Waals surface area contributed by atoms with E-state index in [1.165, 1.54) is 6.33 Å². The number of benzene rings is 2. The van der Waals surface area contributed by atoms with Gasteiger partial charge in [-0.05, 0) is 24.3 Å².